The van der Waals surface area contributed by atoms with Crippen LogP contribution < -0.4 is 0 Å². The number of hydrogen-bond donors (Lipinski definition) is 2. The molecule has 3 nitrogen and oxygen atoms in total. The van der Waals surface area contributed by atoms with Crippen molar-refractivity contribution < 1.29 is 10.2 Å². The van der Waals surface area contributed by atoms with Crippen molar-refractivity contribution in [2.75, 3.05) is 19.7 Å². The van der Waals surface area contributed by atoms with E-state index >= 15 is 0 Å². The maximum Gasteiger partial charge on any atom is 0.0583 e. The summed E-state index contributed by atoms with van der Waals surface area (Å²) in [4.78, 5) is 2.50. The fourth-order valence-electron chi connectivity index (χ4n) is 3.48. The summed E-state index contributed by atoms with van der Waals surface area (Å²) in [7, 11) is 0. The molecule has 0 aromatic carbocycles. The largest absolute Gasteiger partial charge is 0.396 e. The van der Waals surface area contributed by atoms with Gasteiger partial charge in [-0.15, -0.1) is 0 Å². The van der Waals surface area contributed by atoms with Gasteiger partial charge in [-0.2, -0.15) is 0 Å². The zero-order valence-corrected chi connectivity index (χ0v) is 10.1. The van der Waals surface area contributed by atoms with Gasteiger partial charge in [0.1, 0.15) is 0 Å². The molecule has 94 valence electrons. The monoisotopic (exact) mass is 227 g/mol. The molecule has 0 aromatic rings. The van der Waals surface area contributed by atoms with Crippen molar-refractivity contribution in [3.8, 4) is 0 Å². The molecule has 16 heavy (non-hydrogen) atoms. The summed E-state index contributed by atoms with van der Waals surface area (Å²) in [6.07, 6.45) is 7.98. The van der Waals surface area contributed by atoms with E-state index in [1.165, 1.54) is 32.1 Å². The highest BCUT2D eigenvalue weighted by atomic mass is 16.3. The van der Waals surface area contributed by atoms with Crippen molar-refractivity contribution in [3.05, 3.63) is 0 Å². The fraction of sp³-hybridized carbons (Fsp3) is 1.00. The Balaban J connectivity index is 1.90. The molecule has 2 aliphatic rings. The summed E-state index contributed by atoms with van der Waals surface area (Å²) in [5.41, 5.74) is 0. The first-order valence-electron chi connectivity index (χ1n) is 6.86. The quantitative estimate of drug-likeness (QED) is 0.762. The van der Waals surface area contributed by atoms with Gasteiger partial charge in [0.2, 0.25) is 0 Å². The lowest BCUT2D eigenvalue weighted by molar-refractivity contribution is 0.0210. The lowest BCUT2D eigenvalue weighted by atomic mass is 9.80. The first-order valence-corrected chi connectivity index (χ1v) is 6.86. The van der Waals surface area contributed by atoms with E-state index in [0.717, 1.165) is 25.9 Å². The Morgan fingerprint density at radius 2 is 1.88 bits per heavy atom. The predicted molar refractivity (Wildman–Crippen MR) is 64.3 cm³/mol. The maximum absolute atomic E-state index is 10.1. The number of hydrogen-bond acceptors (Lipinski definition) is 3. The molecule has 1 heterocycles. The van der Waals surface area contributed by atoms with E-state index in [2.05, 4.69) is 4.90 Å². The molecule has 2 N–H and O–H groups in total. The van der Waals surface area contributed by atoms with Gasteiger partial charge in [0.25, 0.3) is 0 Å². The van der Waals surface area contributed by atoms with Gasteiger partial charge < -0.3 is 10.2 Å². The van der Waals surface area contributed by atoms with Crippen molar-refractivity contribution in [3.63, 3.8) is 0 Å². The van der Waals surface area contributed by atoms with Gasteiger partial charge in [-0.3, -0.25) is 4.90 Å². The van der Waals surface area contributed by atoms with Gasteiger partial charge in [-0.1, -0.05) is 12.8 Å². The Morgan fingerprint density at radius 3 is 2.62 bits per heavy atom. The van der Waals surface area contributed by atoms with Crippen LogP contribution in [0.25, 0.3) is 0 Å². The van der Waals surface area contributed by atoms with Crippen LogP contribution in [0, 0.1) is 5.92 Å². The van der Waals surface area contributed by atoms with E-state index < -0.39 is 0 Å². The average Bonchev–Trinajstić information content (AvgIpc) is 2.75. The number of likely N-dealkylation sites (tertiary alicyclic amines) is 1. The maximum atomic E-state index is 10.1. The van der Waals surface area contributed by atoms with E-state index in [9.17, 15) is 5.11 Å². The van der Waals surface area contributed by atoms with Gasteiger partial charge in [-0.25, -0.2) is 0 Å². The number of aliphatic hydroxyl groups is 2. The SMILES string of the molecule is OCCCN1CCCC1C1CCCCC1O. The van der Waals surface area contributed by atoms with Crippen molar-refractivity contribution in [1.82, 2.24) is 4.90 Å². The molecule has 0 spiro atoms. The summed E-state index contributed by atoms with van der Waals surface area (Å²) in [6, 6.07) is 0.585. The first-order chi connectivity index (χ1) is 7.83. The highest BCUT2D eigenvalue weighted by Gasteiger charge is 2.36. The van der Waals surface area contributed by atoms with Crippen LogP contribution in [0.3, 0.4) is 0 Å². The van der Waals surface area contributed by atoms with E-state index in [1.54, 1.807) is 0 Å². The standard InChI is InChI=1S/C13H25NO2/c15-10-4-9-14-8-3-6-12(14)11-5-1-2-7-13(11)16/h11-13,15-16H,1-10H2. The van der Waals surface area contributed by atoms with Crippen LogP contribution in [0.1, 0.15) is 44.9 Å². The molecule has 0 amide bonds. The highest BCUT2D eigenvalue weighted by molar-refractivity contribution is 4.90. The van der Waals surface area contributed by atoms with Crippen molar-refractivity contribution >= 4 is 0 Å². The van der Waals surface area contributed by atoms with Gasteiger partial charge >= 0.3 is 0 Å². The van der Waals surface area contributed by atoms with Crippen LogP contribution in [0.4, 0.5) is 0 Å². The Bertz CT molecular complexity index is 210. The molecule has 1 aliphatic carbocycles. The molecular formula is C13H25NO2. The molecule has 1 aliphatic heterocycles. The second-order valence-corrected chi connectivity index (χ2v) is 5.34. The Morgan fingerprint density at radius 1 is 1.06 bits per heavy atom. The third-order valence-electron chi connectivity index (χ3n) is 4.29. The van der Waals surface area contributed by atoms with Crippen LogP contribution in [0.15, 0.2) is 0 Å². The van der Waals surface area contributed by atoms with Crippen LogP contribution in [0.2, 0.25) is 0 Å². The zero-order valence-electron chi connectivity index (χ0n) is 10.1. The van der Waals surface area contributed by atoms with Crippen LogP contribution >= 0.6 is 0 Å². The van der Waals surface area contributed by atoms with Crippen LogP contribution in [0.5, 0.6) is 0 Å². The van der Waals surface area contributed by atoms with Gasteiger partial charge in [-0.05, 0) is 38.6 Å². The van der Waals surface area contributed by atoms with E-state index in [4.69, 9.17) is 5.11 Å². The van der Waals surface area contributed by atoms with Crippen LogP contribution in [-0.2, 0) is 0 Å². The third kappa shape index (κ3) is 2.76. The van der Waals surface area contributed by atoms with Gasteiger partial charge in [0.15, 0.2) is 0 Å². The molecule has 2 rings (SSSR count). The summed E-state index contributed by atoms with van der Waals surface area (Å²) in [6.45, 7) is 2.45. The van der Waals surface area contributed by atoms with Gasteiger partial charge in [0, 0.05) is 25.1 Å². The Labute approximate surface area is 98.5 Å². The molecule has 3 unspecified atom stereocenters. The minimum absolute atomic E-state index is 0.0755. The predicted octanol–water partition coefficient (Wildman–Crippen LogP) is 1.38. The fourth-order valence-corrected chi connectivity index (χ4v) is 3.48. The molecule has 3 atom stereocenters. The lowest BCUT2D eigenvalue weighted by Crippen LogP contribution is -2.43. The Hall–Kier alpha value is -0.120. The van der Waals surface area contributed by atoms with E-state index in [1.807, 2.05) is 0 Å². The molecule has 1 saturated heterocycles. The number of nitrogens with zero attached hydrogens (tertiary/aromatic N) is 1. The van der Waals surface area contributed by atoms with Crippen molar-refractivity contribution in [1.29, 1.82) is 0 Å². The van der Waals surface area contributed by atoms with E-state index in [-0.39, 0.29) is 12.7 Å². The van der Waals surface area contributed by atoms with Crippen molar-refractivity contribution in [2.45, 2.75) is 57.1 Å². The second kappa shape index (κ2) is 5.99. The second-order valence-electron chi connectivity index (χ2n) is 5.34. The minimum atomic E-state index is -0.0755. The normalized spacial score (nSPS) is 36.8. The number of aliphatic hydroxyl groups excluding tert-OH is 2. The highest BCUT2D eigenvalue weighted by Crippen LogP contribution is 2.34. The molecular weight excluding hydrogens is 202 g/mol. The third-order valence-corrected chi connectivity index (χ3v) is 4.29. The molecule has 3 heteroatoms. The lowest BCUT2D eigenvalue weighted by Gasteiger charge is -2.37. The van der Waals surface area contributed by atoms with Crippen molar-refractivity contribution in [2.24, 2.45) is 5.92 Å². The minimum Gasteiger partial charge on any atom is -0.396 e. The molecule has 0 radical (unpaired) electrons. The van der Waals surface area contributed by atoms with Crippen LogP contribution in [-0.4, -0.2) is 47.0 Å². The van der Waals surface area contributed by atoms with Gasteiger partial charge in [0.05, 0.1) is 6.10 Å². The smallest absolute Gasteiger partial charge is 0.0583 e. The average molecular weight is 227 g/mol. The first kappa shape index (κ1) is 12.3. The molecule has 2 fully saturated rings. The molecule has 0 bridgehead atoms. The zero-order chi connectivity index (χ0) is 11.4. The molecule has 1 saturated carbocycles. The molecule has 0 aromatic heterocycles. The summed E-state index contributed by atoms with van der Waals surface area (Å²) in [5.74, 6) is 0.495. The summed E-state index contributed by atoms with van der Waals surface area (Å²) in [5, 5.41) is 19.0. The van der Waals surface area contributed by atoms with E-state index in [0.29, 0.717) is 12.0 Å². The number of rotatable bonds is 4. The summed E-state index contributed by atoms with van der Waals surface area (Å²) < 4.78 is 0. The summed E-state index contributed by atoms with van der Waals surface area (Å²) >= 11 is 0. The Kier molecular flexibility index (Phi) is 4.62. The topological polar surface area (TPSA) is 43.7 Å².